The van der Waals surface area contributed by atoms with E-state index in [0.29, 0.717) is 21.8 Å². The molecule has 1 aromatic heterocycles. The van der Waals surface area contributed by atoms with Gasteiger partial charge in [-0.05, 0) is 62.6 Å². The summed E-state index contributed by atoms with van der Waals surface area (Å²) in [7, 11) is 0. The first-order valence-electron chi connectivity index (χ1n) is 9.80. The molecule has 0 saturated carbocycles. The number of amides is 1. The molecular weight excluding hydrogens is 412 g/mol. The van der Waals surface area contributed by atoms with Gasteiger partial charge in [-0.3, -0.25) is 14.5 Å². The zero-order valence-corrected chi connectivity index (χ0v) is 18.4. The number of rotatable bonds is 4. The smallest absolute Gasteiger partial charge is 0.294 e. The molecule has 1 amide bonds. The second-order valence-corrected chi connectivity index (χ2v) is 8.90. The van der Waals surface area contributed by atoms with Crippen molar-refractivity contribution in [2.24, 2.45) is 0 Å². The summed E-state index contributed by atoms with van der Waals surface area (Å²) in [5.74, 6) is -1.54. The second kappa shape index (κ2) is 7.67. The Morgan fingerprint density at radius 1 is 1.03 bits per heavy atom. The molecule has 158 valence electrons. The van der Waals surface area contributed by atoms with Crippen LogP contribution in [-0.4, -0.2) is 26.9 Å². The van der Waals surface area contributed by atoms with Crippen LogP contribution < -0.4 is 4.90 Å². The van der Waals surface area contributed by atoms with Gasteiger partial charge in [0.25, 0.3) is 5.91 Å². The number of aliphatic hydroxyl groups is 1. The number of Topliss-reactive ketones (excluding diaryl/α,β-unsaturated/α-hetero) is 1. The van der Waals surface area contributed by atoms with E-state index in [0.717, 1.165) is 16.1 Å². The number of aromatic nitrogens is 1. The van der Waals surface area contributed by atoms with Crippen LogP contribution in [0.1, 0.15) is 43.1 Å². The number of aromatic hydroxyl groups is 1. The maximum Gasteiger partial charge on any atom is 0.294 e. The molecule has 6 nitrogen and oxygen atoms in total. The monoisotopic (exact) mass is 434 g/mol. The first kappa shape index (κ1) is 20.8. The second-order valence-electron chi connectivity index (χ2n) is 7.70. The van der Waals surface area contributed by atoms with Gasteiger partial charge in [-0.2, -0.15) is 0 Å². The number of carbonyl (C=O) groups is 2. The summed E-state index contributed by atoms with van der Waals surface area (Å²) in [6.07, 6.45) is 0. The fourth-order valence-electron chi connectivity index (χ4n) is 3.90. The Balaban J connectivity index is 1.93. The number of aliphatic hydroxyl groups excluding tert-OH is 1. The average Bonchev–Trinajstić information content (AvgIpc) is 3.20. The first-order valence-corrected chi connectivity index (χ1v) is 10.6. The van der Waals surface area contributed by atoms with Crippen molar-refractivity contribution in [2.45, 2.75) is 33.7 Å². The summed E-state index contributed by atoms with van der Waals surface area (Å²) in [6, 6.07) is 11.2. The van der Waals surface area contributed by atoms with Gasteiger partial charge in [0, 0.05) is 5.69 Å². The molecule has 0 radical (unpaired) electrons. The summed E-state index contributed by atoms with van der Waals surface area (Å²) in [4.78, 5) is 33.0. The molecule has 0 fully saturated rings. The number of thiazole rings is 1. The molecule has 0 spiro atoms. The molecule has 2 N–H and O–H groups in total. The summed E-state index contributed by atoms with van der Waals surface area (Å²) >= 11 is 1.24. The quantitative estimate of drug-likeness (QED) is 0.572. The van der Waals surface area contributed by atoms with Gasteiger partial charge in [-0.1, -0.05) is 24.3 Å². The van der Waals surface area contributed by atoms with Crippen molar-refractivity contribution in [2.75, 3.05) is 4.90 Å². The maximum atomic E-state index is 13.5. The lowest BCUT2D eigenvalue weighted by Gasteiger charge is -2.28. The van der Waals surface area contributed by atoms with Gasteiger partial charge < -0.3 is 10.2 Å². The van der Waals surface area contributed by atoms with Crippen molar-refractivity contribution >= 4 is 28.7 Å². The van der Waals surface area contributed by atoms with Crippen molar-refractivity contribution < 1.29 is 19.8 Å². The van der Waals surface area contributed by atoms with Gasteiger partial charge in [-0.25, -0.2) is 4.98 Å². The van der Waals surface area contributed by atoms with Crippen LogP contribution in [0.2, 0.25) is 0 Å². The van der Waals surface area contributed by atoms with Crippen molar-refractivity contribution in [3.05, 3.63) is 86.1 Å². The van der Waals surface area contributed by atoms with E-state index in [2.05, 4.69) is 4.98 Å². The van der Waals surface area contributed by atoms with E-state index in [4.69, 9.17) is 0 Å². The molecule has 31 heavy (non-hydrogen) atoms. The summed E-state index contributed by atoms with van der Waals surface area (Å²) in [5, 5.41) is 21.3. The number of hydrogen-bond donors (Lipinski definition) is 2. The molecule has 3 aromatic rings. The topological polar surface area (TPSA) is 90.7 Å². The molecule has 4 rings (SSSR count). The highest BCUT2D eigenvalue weighted by Gasteiger charge is 2.45. The Hall–Kier alpha value is -3.45. The van der Waals surface area contributed by atoms with Crippen LogP contribution in [0.4, 0.5) is 5.69 Å². The third-order valence-corrected chi connectivity index (χ3v) is 6.47. The zero-order valence-electron chi connectivity index (χ0n) is 17.6. The Morgan fingerprint density at radius 2 is 1.71 bits per heavy atom. The molecule has 2 aromatic carbocycles. The van der Waals surface area contributed by atoms with Crippen LogP contribution in [-0.2, 0) is 4.79 Å². The van der Waals surface area contributed by atoms with Crippen LogP contribution >= 0.6 is 11.3 Å². The van der Waals surface area contributed by atoms with E-state index in [-0.39, 0.29) is 11.3 Å². The minimum atomic E-state index is -0.831. The minimum Gasteiger partial charge on any atom is -0.508 e. The number of nitrogens with zero attached hydrogens (tertiary/aromatic N) is 2. The summed E-state index contributed by atoms with van der Waals surface area (Å²) in [5.41, 5.74) is 3.60. The Morgan fingerprint density at radius 3 is 2.32 bits per heavy atom. The number of carbonyl (C=O) groups excluding carboxylic acids is 2. The highest BCUT2D eigenvalue weighted by atomic mass is 32.1. The predicted molar refractivity (Wildman–Crippen MR) is 120 cm³/mol. The minimum absolute atomic E-state index is 0.0170. The number of aryl methyl sites for hydroxylation is 4. The molecule has 0 saturated heterocycles. The molecule has 7 heteroatoms. The first-order chi connectivity index (χ1) is 14.7. The molecular formula is C24H22N2O4S. The van der Waals surface area contributed by atoms with Crippen LogP contribution in [0.25, 0.3) is 0 Å². The fraction of sp³-hybridized carbons (Fsp3) is 0.208. The van der Waals surface area contributed by atoms with Crippen LogP contribution in [0.15, 0.2) is 53.8 Å². The molecule has 0 bridgehead atoms. The van der Waals surface area contributed by atoms with Crippen LogP contribution in [0.5, 0.6) is 5.75 Å². The zero-order chi connectivity index (χ0) is 22.4. The van der Waals surface area contributed by atoms with Crippen molar-refractivity contribution in [1.29, 1.82) is 0 Å². The lowest BCUT2D eigenvalue weighted by atomic mass is 9.94. The van der Waals surface area contributed by atoms with Gasteiger partial charge in [0.15, 0.2) is 5.76 Å². The van der Waals surface area contributed by atoms with Crippen LogP contribution in [0.3, 0.4) is 0 Å². The molecule has 1 aliphatic rings. The molecule has 1 unspecified atom stereocenters. The number of hydrogen-bond acceptors (Lipinski definition) is 6. The number of benzene rings is 2. The molecule has 0 aliphatic carbocycles. The maximum absolute atomic E-state index is 13.5. The normalized spacial score (nSPS) is 16.3. The van der Waals surface area contributed by atoms with E-state index >= 15 is 0 Å². The fourth-order valence-corrected chi connectivity index (χ4v) is 4.77. The molecule has 1 aliphatic heterocycles. The number of phenolic OH excluding ortho intramolecular Hbond substituents is 1. The largest absolute Gasteiger partial charge is 0.508 e. The van der Waals surface area contributed by atoms with Crippen molar-refractivity contribution in [3.63, 3.8) is 0 Å². The van der Waals surface area contributed by atoms with Crippen LogP contribution in [0, 0.1) is 27.7 Å². The Bertz CT molecular complexity index is 1240. The highest BCUT2D eigenvalue weighted by molar-refractivity contribution is 7.14. The highest BCUT2D eigenvalue weighted by Crippen LogP contribution is 2.44. The van der Waals surface area contributed by atoms with Gasteiger partial charge >= 0.3 is 0 Å². The third-order valence-electron chi connectivity index (χ3n) is 5.40. The Kier molecular flexibility index (Phi) is 5.15. The summed E-state index contributed by atoms with van der Waals surface area (Å²) in [6.45, 7) is 7.34. The average molecular weight is 435 g/mol. The standard InChI is InChI=1S/C24H22N2O4S/c1-12-5-6-13(2)18(11-12)26-20(16-7-9-17(27)10-8-16)19(22(29)24(26)30)21(28)23-14(3)25-15(4)31-23/h5-11,20,27,29H,1-4H3. The van der Waals surface area contributed by atoms with Crippen molar-refractivity contribution in [1.82, 2.24) is 4.98 Å². The number of phenols is 1. The SMILES string of the molecule is Cc1ccc(C)c(N2C(=O)C(O)=C(C(=O)c3sc(C)nc3C)C2c2ccc(O)cc2)c1. The van der Waals surface area contributed by atoms with Crippen molar-refractivity contribution in [3.8, 4) is 5.75 Å². The van der Waals surface area contributed by atoms with Gasteiger partial charge in [-0.15, -0.1) is 11.3 Å². The van der Waals surface area contributed by atoms with E-state index in [1.54, 1.807) is 19.1 Å². The van der Waals surface area contributed by atoms with E-state index in [1.165, 1.54) is 28.4 Å². The van der Waals surface area contributed by atoms with E-state index < -0.39 is 23.5 Å². The predicted octanol–water partition coefficient (Wildman–Crippen LogP) is 4.87. The van der Waals surface area contributed by atoms with E-state index in [9.17, 15) is 19.8 Å². The van der Waals surface area contributed by atoms with Gasteiger partial charge in [0.2, 0.25) is 5.78 Å². The van der Waals surface area contributed by atoms with Gasteiger partial charge in [0.1, 0.15) is 5.75 Å². The summed E-state index contributed by atoms with van der Waals surface area (Å²) < 4.78 is 0. The lowest BCUT2D eigenvalue weighted by Crippen LogP contribution is -2.31. The van der Waals surface area contributed by atoms with Gasteiger partial charge in [0.05, 0.1) is 27.2 Å². The number of ketones is 1. The molecule has 2 heterocycles. The number of anilines is 1. The Labute approximate surface area is 184 Å². The lowest BCUT2D eigenvalue weighted by molar-refractivity contribution is -0.117. The molecule has 1 atom stereocenters. The van der Waals surface area contributed by atoms with E-state index in [1.807, 2.05) is 39.0 Å². The third kappa shape index (κ3) is 3.51.